The van der Waals surface area contributed by atoms with Gasteiger partial charge in [-0.2, -0.15) is 0 Å². The third kappa shape index (κ3) is 3.19. The van der Waals surface area contributed by atoms with Crippen LogP contribution in [0.1, 0.15) is 0 Å². The maximum atomic E-state index is 11.0. The number of methoxy groups -OCH3 is 1. The second-order valence-corrected chi connectivity index (χ2v) is 4.58. The molecule has 1 heterocycles. The van der Waals surface area contributed by atoms with Gasteiger partial charge < -0.3 is 14.8 Å². The summed E-state index contributed by atoms with van der Waals surface area (Å²) in [6, 6.07) is 4.22. The van der Waals surface area contributed by atoms with E-state index < -0.39 is 4.92 Å². The average molecular weight is 355 g/mol. The lowest BCUT2D eigenvalue weighted by molar-refractivity contribution is -0.385. The van der Waals surface area contributed by atoms with E-state index in [-0.39, 0.29) is 17.3 Å². The third-order valence-electron chi connectivity index (χ3n) is 2.56. The van der Waals surface area contributed by atoms with Crippen LogP contribution in [-0.4, -0.2) is 29.0 Å². The number of ether oxygens (including phenoxy) is 2. The minimum Gasteiger partial charge on any atom is -0.497 e. The van der Waals surface area contributed by atoms with E-state index in [1.54, 1.807) is 7.05 Å². The monoisotopic (exact) mass is 354 g/mol. The van der Waals surface area contributed by atoms with Crippen LogP contribution in [-0.2, 0) is 0 Å². The number of rotatable bonds is 5. The van der Waals surface area contributed by atoms with Crippen LogP contribution in [0.15, 0.2) is 29.0 Å². The van der Waals surface area contributed by atoms with Gasteiger partial charge in [0.25, 0.3) is 0 Å². The second-order valence-electron chi connectivity index (χ2n) is 3.78. The Kier molecular flexibility index (Phi) is 4.53. The van der Waals surface area contributed by atoms with Gasteiger partial charge in [0.15, 0.2) is 0 Å². The minimum atomic E-state index is -0.539. The van der Waals surface area contributed by atoms with Gasteiger partial charge in [-0.3, -0.25) is 10.1 Å². The number of benzene rings is 1. The highest BCUT2D eigenvalue weighted by Crippen LogP contribution is 2.37. The van der Waals surface area contributed by atoms with Gasteiger partial charge in [0.05, 0.1) is 12.0 Å². The molecule has 110 valence electrons. The van der Waals surface area contributed by atoms with Crippen molar-refractivity contribution in [3.63, 3.8) is 0 Å². The first-order valence-corrected chi connectivity index (χ1v) is 6.54. The minimum absolute atomic E-state index is 0.0285. The number of nitrogens with one attached hydrogen (secondary N) is 1. The summed E-state index contributed by atoms with van der Waals surface area (Å²) in [6.45, 7) is 0. The highest BCUT2D eigenvalue weighted by Gasteiger charge is 2.19. The molecular formula is C12H11BrN4O4. The van der Waals surface area contributed by atoms with Crippen molar-refractivity contribution >= 4 is 27.4 Å². The molecule has 0 bridgehead atoms. The average Bonchev–Trinajstić information content (AvgIpc) is 2.49. The smallest absolute Gasteiger partial charge is 0.311 e. The van der Waals surface area contributed by atoms with Gasteiger partial charge in [-0.1, -0.05) is 0 Å². The zero-order valence-corrected chi connectivity index (χ0v) is 12.7. The van der Waals surface area contributed by atoms with E-state index in [4.69, 9.17) is 9.47 Å². The molecule has 0 saturated carbocycles. The normalized spacial score (nSPS) is 10.0. The van der Waals surface area contributed by atoms with Gasteiger partial charge in [-0.15, -0.1) is 0 Å². The van der Waals surface area contributed by atoms with Crippen molar-refractivity contribution in [2.24, 2.45) is 0 Å². The summed E-state index contributed by atoms with van der Waals surface area (Å²) in [5, 5.41) is 13.9. The fourth-order valence-electron chi connectivity index (χ4n) is 1.56. The van der Waals surface area contributed by atoms with Gasteiger partial charge in [0, 0.05) is 19.2 Å². The molecule has 0 radical (unpaired) electrons. The van der Waals surface area contributed by atoms with Gasteiger partial charge in [0.2, 0.25) is 11.6 Å². The molecular weight excluding hydrogens is 344 g/mol. The molecule has 1 aromatic carbocycles. The topological polar surface area (TPSA) is 99.4 Å². The second kappa shape index (κ2) is 6.35. The SMILES string of the molecule is CNc1ncnc(Oc2cc(OC)ccc2[N+](=O)[O-])c1Br. The molecule has 1 aromatic heterocycles. The largest absolute Gasteiger partial charge is 0.497 e. The van der Waals surface area contributed by atoms with E-state index in [0.717, 1.165) is 0 Å². The molecule has 0 unspecified atom stereocenters. The lowest BCUT2D eigenvalue weighted by Gasteiger charge is -2.10. The fourth-order valence-corrected chi connectivity index (χ4v) is 2.04. The van der Waals surface area contributed by atoms with E-state index in [0.29, 0.717) is 16.0 Å². The molecule has 0 aliphatic heterocycles. The highest BCUT2D eigenvalue weighted by molar-refractivity contribution is 9.10. The van der Waals surface area contributed by atoms with E-state index in [9.17, 15) is 10.1 Å². The number of nitrogens with zero attached hydrogens (tertiary/aromatic N) is 3. The molecule has 0 saturated heterocycles. The Morgan fingerprint density at radius 1 is 1.38 bits per heavy atom. The molecule has 8 nitrogen and oxygen atoms in total. The van der Waals surface area contributed by atoms with Crippen molar-refractivity contribution in [2.45, 2.75) is 0 Å². The Bertz CT molecular complexity index is 680. The number of hydrogen-bond acceptors (Lipinski definition) is 7. The number of hydrogen-bond donors (Lipinski definition) is 1. The predicted molar refractivity (Wildman–Crippen MR) is 79.0 cm³/mol. The van der Waals surface area contributed by atoms with Crippen LogP contribution < -0.4 is 14.8 Å². The van der Waals surface area contributed by atoms with Crippen LogP contribution in [0.5, 0.6) is 17.4 Å². The van der Waals surface area contributed by atoms with Crippen molar-refractivity contribution in [3.05, 3.63) is 39.1 Å². The Morgan fingerprint density at radius 2 is 2.14 bits per heavy atom. The lowest BCUT2D eigenvalue weighted by Crippen LogP contribution is -1.99. The molecule has 0 atom stereocenters. The fraction of sp³-hybridized carbons (Fsp3) is 0.167. The lowest BCUT2D eigenvalue weighted by atomic mass is 10.3. The van der Waals surface area contributed by atoms with Crippen LogP contribution in [0.4, 0.5) is 11.5 Å². The molecule has 0 aliphatic rings. The number of halogens is 1. The number of nitro benzene ring substituents is 1. The van der Waals surface area contributed by atoms with Crippen molar-refractivity contribution in [2.75, 3.05) is 19.5 Å². The molecule has 2 rings (SSSR count). The number of anilines is 1. The first-order valence-electron chi connectivity index (χ1n) is 5.75. The maximum Gasteiger partial charge on any atom is 0.311 e. The van der Waals surface area contributed by atoms with E-state index in [1.807, 2.05) is 0 Å². The highest BCUT2D eigenvalue weighted by atomic mass is 79.9. The van der Waals surface area contributed by atoms with E-state index >= 15 is 0 Å². The molecule has 21 heavy (non-hydrogen) atoms. The van der Waals surface area contributed by atoms with Gasteiger partial charge in [0.1, 0.15) is 22.4 Å². The summed E-state index contributed by atoms with van der Waals surface area (Å²) in [5.41, 5.74) is -0.188. The van der Waals surface area contributed by atoms with Crippen molar-refractivity contribution in [1.82, 2.24) is 9.97 Å². The zero-order valence-electron chi connectivity index (χ0n) is 11.2. The molecule has 0 aliphatic carbocycles. The summed E-state index contributed by atoms with van der Waals surface area (Å²) in [5.74, 6) is 1.13. The molecule has 1 N–H and O–H groups in total. The van der Waals surface area contributed by atoms with Crippen LogP contribution >= 0.6 is 15.9 Å². The quantitative estimate of drug-likeness (QED) is 0.650. The first-order chi connectivity index (χ1) is 10.1. The molecule has 9 heteroatoms. The zero-order chi connectivity index (χ0) is 15.4. The summed E-state index contributed by atoms with van der Waals surface area (Å²) < 4.78 is 11.0. The Morgan fingerprint density at radius 3 is 2.76 bits per heavy atom. The predicted octanol–water partition coefficient (Wildman–Crippen LogP) is 2.99. The van der Waals surface area contributed by atoms with Gasteiger partial charge in [-0.25, -0.2) is 9.97 Å². The van der Waals surface area contributed by atoms with Crippen LogP contribution in [0, 0.1) is 10.1 Å². The number of nitro groups is 1. The van der Waals surface area contributed by atoms with Gasteiger partial charge in [-0.05, 0) is 22.0 Å². The Labute approximate surface area is 128 Å². The third-order valence-corrected chi connectivity index (χ3v) is 3.28. The van der Waals surface area contributed by atoms with Crippen molar-refractivity contribution < 1.29 is 14.4 Å². The van der Waals surface area contributed by atoms with Crippen molar-refractivity contribution in [1.29, 1.82) is 0 Å². The Hall–Kier alpha value is -2.42. The Balaban J connectivity index is 2.45. The molecule has 2 aromatic rings. The summed E-state index contributed by atoms with van der Waals surface area (Å²) in [4.78, 5) is 18.4. The van der Waals surface area contributed by atoms with Crippen LogP contribution in [0.25, 0.3) is 0 Å². The van der Waals surface area contributed by atoms with E-state index in [2.05, 4.69) is 31.2 Å². The summed E-state index contributed by atoms with van der Waals surface area (Å²) in [7, 11) is 3.15. The van der Waals surface area contributed by atoms with Gasteiger partial charge >= 0.3 is 5.69 Å². The van der Waals surface area contributed by atoms with E-state index in [1.165, 1.54) is 31.6 Å². The molecule has 0 fully saturated rings. The number of aromatic nitrogens is 2. The summed E-state index contributed by atoms with van der Waals surface area (Å²) in [6.07, 6.45) is 1.29. The van der Waals surface area contributed by atoms with Crippen molar-refractivity contribution in [3.8, 4) is 17.4 Å². The standard InChI is InChI=1S/C12H11BrN4O4/c1-14-11-10(13)12(16-6-15-11)21-9-5-7(20-2)3-4-8(9)17(18)19/h3-6H,1-2H3,(H,14,15,16). The van der Waals surface area contributed by atoms with Crippen LogP contribution in [0.2, 0.25) is 0 Å². The first kappa shape index (κ1) is 15.0. The van der Waals surface area contributed by atoms with Crippen LogP contribution in [0.3, 0.4) is 0 Å². The molecule has 0 amide bonds. The maximum absolute atomic E-state index is 11.0. The molecule has 0 spiro atoms. The summed E-state index contributed by atoms with van der Waals surface area (Å²) >= 11 is 3.28.